The highest BCUT2D eigenvalue weighted by atomic mass is 16.5. The van der Waals surface area contributed by atoms with Crippen molar-refractivity contribution in [2.75, 3.05) is 0 Å². The number of aromatic nitrogens is 2. The van der Waals surface area contributed by atoms with E-state index < -0.39 is 6.23 Å². The molecule has 0 aliphatic carbocycles. The molecule has 0 radical (unpaired) electrons. The number of rotatable bonds is 3. The number of ether oxygens (including phenoxy) is 1. The van der Waals surface area contributed by atoms with Crippen molar-refractivity contribution in [1.82, 2.24) is 9.55 Å². The third kappa shape index (κ3) is 1.52. The van der Waals surface area contributed by atoms with Gasteiger partial charge in [-0.2, -0.15) is 0 Å². The Morgan fingerprint density at radius 3 is 3.20 bits per heavy atom. The van der Waals surface area contributed by atoms with Gasteiger partial charge in [0, 0.05) is 6.20 Å². The maximum absolute atomic E-state index is 10.2. The molecule has 1 atom stereocenters. The van der Waals surface area contributed by atoms with Gasteiger partial charge in [-0.05, 0) is 19.1 Å². The zero-order valence-electron chi connectivity index (χ0n) is 8.12. The number of aromatic hydroxyl groups is 1. The highest BCUT2D eigenvalue weighted by Gasteiger charge is 2.13. The van der Waals surface area contributed by atoms with E-state index in [0.29, 0.717) is 17.5 Å². The highest BCUT2D eigenvalue weighted by molar-refractivity contribution is 5.83. The molecule has 5 heteroatoms. The van der Waals surface area contributed by atoms with Gasteiger partial charge in [-0.15, -0.1) is 0 Å². The van der Waals surface area contributed by atoms with Crippen LogP contribution in [0.1, 0.15) is 13.2 Å². The van der Waals surface area contributed by atoms with Crippen LogP contribution >= 0.6 is 0 Å². The van der Waals surface area contributed by atoms with E-state index in [-0.39, 0.29) is 5.75 Å². The molecule has 0 aliphatic rings. The lowest BCUT2D eigenvalue weighted by Crippen LogP contribution is -2.07. The minimum atomic E-state index is -0.485. The van der Waals surface area contributed by atoms with E-state index in [1.165, 1.54) is 6.20 Å². The lowest BCUT2D eigenvalue weighted by molar-refractivity contribution is -0.136. The quantitative estimate of drug-likeness (QED) is 0.771. The second kappa shape index (κ2) is 3.61. The Morgan fingerprint density at radius 1 is 1.67 bits per heavy atom. The Bertz CT molecular complexity index is 492. The van der Waals surface area contributed by atoms with Crippen LogP contribution in [0.4, 0.5) is 0 Å². The van der Waals surface area contributed by atoms with E-state index in [0.717, 1.165) is 0 Å². The summed E-state index contributed by atoms with van der Waals surface area (Å²) in [4.78, 5) is 14.3. The lowest BCUT2D eigenvalue weighted by atomic mass is 10.3. The number of nitrogens with zero attached hydrogens (tertiary/aromatic N) is 2. The van der Waals surface area contributed by atoms with Crippen molar-refractivity contribution in [3.8, 4) is 5.75 Å². The molecular weight excluding hydrogens is 196 g/mol. The molecule has 0 saturated heterocycles. The summed E-state index contributed by atoms with van der Waals surface area (Å²) in [6.45, 7) is 2.07. The van der Waals surface area contributed by atoms with Crippen molar-refractivity contribution in [2.45, 2.75) is 13.2 Å². The van der Waals surface area contributed by atoms with Gasteiger partial charge >= 0.3 is 0 Å². The van der Waals surface area contributed by atoms with Crippen LogP contribution in [0.25, 0.3) is 11.0 Å². The van der Waals surface area contributed by atoms with Crippen molar-refractivity contribution in [2.24, 2.45) is 0 Å². The first-order valence-corrected chi connectivity index (χ1v) is 4.47. The molecule has 15 heavy (non-hydrogen) atoms. The zero-order valence-corrected chi connectivity index (χ0v) is 8.12. The third-order valence-corrected chi connectivity index (χ3v) is 2.21. The standard InChI is InChI=1S/C10H10N2O3/c1-7(15-6-13)12-5-9(14)8-3-2-4-11-10(8)12/h2-7,14H,1H3. The molecule has 2 aromatic rings. The van der Waals surface area contributed by atoms with Crippen LogP contribution in [0.2, 0.25) is 0 Å². The smallest absolute Gasteiger partial charge is 0.295 e. The number of carbonyl (C=O) groups is 1. The number of pyridine rings is 1. The van der Waals surface area contributed by atoms with Crippen LogP contribution in [-0.2, 0) is 9.53 Å². The maximum Gasteiger partial charge on any atom is 0.295 e. The summed E-state index contributed by atoms with van der Waals surface area (Å²) in [5.74, 6) is 0.124. The molecule has 0 amide bonds. The van der Waals surface area contributed by atoms with Gasteiger partial charge in [0.2, 0.25) is 0 Å². The molecule has 78 valence electrons. The van der Waals surface area contributed by atoms with E-state index in [9.17, 15) is 9.90 Å². The van der Waals surface area contributed by atoms with Gasteiger partial charge in [0.05, 0.1) is 11.6 Å². The van der Waals surface area contributed by atoms with Crippen LogP contribution in [0.3, 0.4) is 0 Å². The minimum Gasteiger partial charge on any atom is -0.506 e. The normalized spacial score (nSPS) is 12.6. The fourth-order valence-corrected chi connectivity index (χ4v) is 1.49. The Hall–Kier alpha value is -2.04. The van der Waals surface area contributed by atoms with E-state index in [1.54, 1.807) is 29.8 Å². The highest BCUT2D eigenvalue weighted by Crippen LogP contribution is 2.27. The summed E-state index contributed by atoms with van der Waals surface area (Å²) in [7, 11) is 0. The minimum absolute atomic E-state index is 0.124. The molecule has 0 aliphatic heterocycles. The van der Waals surface area contributed by atoms with Crippen LogP contribution < -0.4 is 0 Å². The number of hydrogen-bond donors (Lipinski definition) is 1. The van der Waals surface area contributed by atoms with E-state index in [1.807, 2.05) is 0 Å². The van der Waals surface area contributed by atoms with Gasteiger partial charge < -0.3 is 9.84 Å². The van der Waals surface area contributed by atoms with Crippen molar-refractivity contribution in [3.63, 3.8) is 0 Å². The predicted octanol–water partition coefficient (Wildman–Crippen LogP) is 1.43. The average molecular weight is 206 g/mol. The monoisotopic (exact) mass is 206 g/mol. The summed E-state index contributed by atoms with van der Waals surface area (Å²) in [6, 6.07) is 3.49. The van der Waals surface area contributed by atoms with Crippen LogP contribution in [-0.4, -0.2) is 21.1 Å². The van der Waals surface area contributed by atoms with Crippen molar-refractivity contribution in [1.29, 1.82) is 0 Å². The second-order valence-electron chi connectivity index (χ2n) is 3.13. The molecule has 0 bridgehead atoms. The van der Waals surface area contributed by atoms with Crippen molar-refractivity contribution < 1.29 is 14.6 Å². The molecule has 0 saturated carbocycles. The van der Waals surface area contributed by atoms with Gasteiger partial charge in [-0.3, -0.25) is 9.36 Å². The Labute approximate surface area is 85.9 Å². The predicted molar refractivity (Wildman–Crippen MR) is 53.3 cm³/mol. The molecular formula is C10H10N2O3. The van der Waals surface area contributed by atoms with Crippen LogP contribution in [0, 0.1) is 0 Å². The summed E-state index contributed by atoms with van der Waals surface area (Å²) < 4.78 is 6.38. The molecule has 0 aromatic carbocycles. The second-order valence-corrected chi connectivity index (χ2v) is 3.13. The van der Waals surface area contributed by atoms with E-state index in [4.69, 9.17) is 4.74 Å². The first-order chi connectivity index (χ1) is 7.24. The lowest BCUT2D eigenvalue weighted by Gasteiger charge is -2.11. The van der Waals surface area contributed by atoms with Gasteiger partial charge in [0.1, 0.15) is 11.4 Å². The molecule has 5 nitrogen and oxygen atoms in total. The fourth-order valence-electron chi connectivity index (χ4n) is 1.49. The maximum atomic E-state index is 10.2. The molecule has 2 aromatic heterocycles. The Morgan fingerprint density at radius 2 is 2.47 bits per heavy atom. The molecule has 1 N–H and O–H groups in total. The molecule has 2 rings (SSSR count). The molecule has 0 spiro atoms. The summed E-state index contributed by atoms with van der Waals surface area (Å²) >= 11 is 0. The number of hydrogen-bond acceptors (Lipinski definition) is 4. The Kier molecular flexibility index (Phi) is 2.29. The summed E-state index contributed by atoms with van der Waals surface area (Å²) in [5.41, 5.74) is 0.587. The third-order valence-electron chi connectivity index (χ3n) is 2.21. The molecule has 2 heterocycles. The SMILES string of the molecule is CC(OC=O)n1cc(O)c2cccnc21. The van der Waals surface area contributed by atoms with E-state index >= 15 is 0 Å². The molecule has 1 unspecified atom stereocenters. The summed E-state index contributed by atoms with van der Waals surface area (Å²) in [5, 5.41) is 10.2. The first-order valence-electron chi connectivity index (χ1n) is 4.47. The van der Waals surface area contributed by atoms with Crippen LogP contribution in [0.15, 0.2) is 24.5 Å². The topological polar surface area (TPSA) is 64.3 Å². The number of carbonyl (C=O) groups excluding carboxylic acids is 1. The van der Waals surface area contributed by atoms with Crippen molar-refractivity contribution >= 4 is 17.5 Å². The van der Waals surface area contributed by atoms with Gasteiger partial charge in [-0.1, -0.05) is 0 Å². The first kappa shape index (κ1) is 9.51. The largest absolute Gasteiger partial charge is 0.506 e. The van der Waals surface area contributed by atoms with Gasteiger partial charge in [-0.25, -0.2) is 4.98 Å². The fraction of sp³-hybridized carbons (Fsp3) is 0.200. The zero-order chi connectivity index (χ0) is 10.8. The average Bonchev–Trinajstić information content (AvgIpc) is 2.58. The molecule has 0 fully saturated rings. The van der Waals surface area contributed by atoms with Crippen molar-refractivity contribution in [3.05, 3.63) is 24.5 Å². The summed E-state index contributed by atoms with van der Waals surface area (Å²) in [6.07, 6.45) is 2.62. The van der Waals surface area contributed by atoms with E-state index in [2.05, 4.69) is 4.98 Å². The van der Waals surface area contributed by atoms with Gasteiger partial charge in [0.25, 0.3) is 6.47 Å². The Balaban J connectivity index is 2.56. The van der Waals surface area contributed by atoms with Crippen LogP contribution in [0.5, 0.6) is 5.75 Å². The van der Waals surface area contributed by atoms with Gasteiger partial charge in [0.15, 0.2) is 6.23 Å². The number of fused-ring (bicyclic) bond motifs is 1.